The molecule has 5 heteroatoms. The molecule has 3 rings (SSSR count). The summed E-state index contributed by atoms with van der Waals surface area (Å²) >= 11 is 1.92. The summed E-state index contributed by atoms with van der Waals surface area (Å²) in [6, 6.07) is 5.06. The average Bonchev–Trinajstić information content (AvgIpc) is 2.62. The van der Waals surface area contributed by atoms with Crippen LogP contribution in [-0.2, 0) is 6.42 Å². The predicted molar refractivity (Wildman–Crippen MR) is 111 cm³/mol. The fraction of sp³-hybridized carbons (Fsp3) is 0.727. The normalized spacial score (nSPS) is 29.5. The maximum atomic E-state index is 12.4. The first-order valence-electron chi connectivity index (χ1n) is 10.3. The van der Waals surface area contributed by atoms with Crippen LogP contribution >= 0.6 is 22.6 Å². The molecule has 2 saturated carbocycles. The standard InChI is InChI=1S/C22H30F3IO/c1-15-2-9-18(10-3-15)19-11-6-16(7-12-19)4-5-17-8-13-21(20(26)14-17)27-22(23,24)25/h8,13-16,18-19H,2-7,9-12H2,1H3. The molecule has 0 aliphatic heterocycles. The number of aryl methyl sites for hydroxylation is 1. The lowest BCUT2D eigenvalue weighted by Gasteiger charge is -2.37. The molecular weight excluding hydrogens is 464 g/mol. The van der Waals surface area contributed by atoms with Gasteiger partial charge in [0.1, 0.15) is 5.75 Å². The summed E-state index contributed by atoms with van der Waals surface area (Å²) in [7, 11) is 0. The van der Waals surface area contributed by atoms with Gasteiger partial charge in [0.05, 0.1) is 3.57 Å². The largest absolute Gasteiger partial charge is 0.573 e. The van der Waals surface area contributed by atoms with Crippen LogP contribution in [0.5, 0.6) is 5.75 Å². The third-order valence-corrected chi connectivity index (χ3v) is 7.52. The number of ether oxygens (including phenoxy) is 1. The smallest absolute Gasteiger partial charge is 0.405 e. The second-order valence-electron chi connectivity index (χ2n) is 8.65. The lowest BCUT2D eigenvalue weighted by atomic mass is 9.69. The van der Waals surface area contributed by atoms with E-state index < -0.39 is 6.36 Å². The molecule has 2 aliphatic carbocycles. The zero-order valence-corrected chi connectivity index (χ0v) is 18.2. The summed E-state index contributed by atoms with van der Waals surface area (Å²) in [6.07, 6.45) is 8.54. The Kier molecular flexibility index (Phi) is 7.37. The van der Waals surface area contributed by atoms with Gasteiger partial charge in [0.15, 0.2) is 0 Å². The van der Waals surface area contributed by atoms with Crippen molar-refractivity contribution in [2.75, 3.05) is 0 Å². The molecule has 0 atom stereocenters. The molecule has 1 aromatic rings. The Bertz CT molecular complexity index is 600. The van der Waals surface area contributed by atoms with Gasteiger partial charge in [-0.3, -0.25) is 0 Å². The summed E-state index contributed by atoms with van der Waals surface area (Å²) < 4.78 is 41.7. The van der Waals surface area contributed by atoms with Gasteiger partial charge in [0, 0.05) is 0 Å². The van der Waals surface area contributed by atoms with Crippen LogP contribution in [0.4, 0.5) is 13.2 Å². The van der Waals surface area contributed by atoms with E-state index >= 15 is 0 Å². The Balaban J connectivity index is 1.43. The van der Waals surface area contributed by atoms with Gasteiger partial charge in [-0.1, -0.05) is 38.7 Å². The Morgan fingerprint density at radius 2 is 1.56 bits per heavy atom. The molecule has 1 aromatic carbocycles. The predicted octanol–water partition coefficient (Wildman–Crippen LogP) is 7.76. The molecule has 1 nitrogen and oxygen atoms in total. The minimum atomic E-state index is -4.63. The van der Waals surface area contributed by atoms with Crippen molar-refractivity contribution in [1.82, 2.24) is 0 Å². The van der Waals surface area contributed by atoms with Crippen molar-refractivity contribution >= 4 is 22.6 Å². The highest BCUT2D eigenvalue weighted by Crippen LogP contribution is 2.42. The Morgan fingerprint density at radius 1 is 0.963 bits per heavy atom. The van der Waals surface area contributed by atoms with Crippen LogP contribution in [0.1, 0.15) is 70.3 Å². The maximum absolute atomic E-state index is 12.4. The highest BCUT2D eigenvalue weighted by molar-refractivity contribution is 14.1. The molecule has 2 aliphatic rings. The van der Waals surface area contributed by atoms with E-state index in [2.05, 4.69) is 11.7 Å². The van der Waals surface area contributed by atoms with Crippen molar-refractivity contribution < 1.29 is 17.9 Å². The lowest BCUT2D eigenvalue weighted by Crippen LogP contribution is -2.25. The van der Waals surface area contributed by atoms with Gasteiger partial charge in [-0.15, -0.1) is 13.2 Å². The molecular formula is C22H30F3IO. The van der Waals surface area contributed by atoms with Crippen LogP contribution in [-0.4, -0.2) is 6.36 Å². The summed E-state index contributed by atoms with van der Waals surface area (Å²) in [4.78, 5) is 0. The number of hydrogen-bond acceptors (Lipinski definition) is 1. The number of alkyl halides is 3. The minimum absolute atomic E-state index is 0.103. The molecule has 0 bridgehead atoms. The van der Waals surface area contributed by atoms with Crippen molar-refractivity contribution in [3.8, 4) is 5.75 Å². The van der Waals surface area contributed by atoms with Crippen LogP contribution in [0.25, 0.3) is 0 Å². The molecule has 0 heterocycles. The Labute approximate surface area is 174 Å². The Morgan fingerprint density at radius 3 is 2.11 bits per heavy atom. The van der Waals surface area contributed by atoms with E-state index in [-0.39, 0.29) is 5.75 Å². The van der Waals surface area contributed by atoms with Crippen LogP contribution in [0.3, 0.4) is 0 Å². The van der Waals surface area contributed by atoms with E-state index in [4.69, 9.17) is 0 Å². The van der Waals surface area contributed by atoms with Gasteiger partial charge in [-0.05, 0) is 102 Å². The van der Waals surface area contributed by atoms with Gasteiger partial charge >= 0.3 is 6.36 Å². The third kappa shape index (κ3) is 6.53. The van der Waals surface area contributed by atoms with Gasteiger partial charge in [0.25, 0.3) is 0 Å². The zero-order valence-electron chi connectivity index (χ0n) is 16.0. The first-order chi connectivity index (χ1) is 12.8. The number of halogens is 4. The average molecular weight is 494 g/mol. The van der Waals surface area contributed by atoms with Crippen LogP contribution in [0, 0.1) is 27.2 Å². The second-order valence-corrected chi connectivity index (χ2v) is 9.81. The molecule has 0 amide bonds. The monoisotopic (exact) mass is 494 g/mol. The van der Waals surface area contributed by atoms with Crippen LogP contribution in [0.2, 0.25) is 0 Å². The number of rotatable bonds is 5. The zero-order chi connectivity index (χ0) is 19.4. The van der Waals surface area contributed by atoms with Crippen molar-refractivity contribution in [3.05, 3.63) is 27.3 Å². The first-order valence-corrected chi connectivity index (χ1v) is 11.4. The van der Waals surface area contributed by atoms with Crippen LogP contribution < -0.4 is 4.74 Å². The van der Waals surface area contributed by atoms with Crippen molar-refractivity contribution in [3.63, 3.8) is 0 Å². The molecule has 0 N–H and O–H groups in total. The molecule has 27 heavy (non-hydrogen) atoms. The molecule has 0 spiro atoms. The summed E-state index contributed by atoms with van der Waals surface area (Å²) in [5.41, 5.74) is 1.11. The van der Waals surface area contributed by atoms with Crippen molar-refractivity contribution in [2.45, 2.75) is 77.5 Å². The molecule has 0 radical (unpaired) electrons. The molecule has 2 fully saturated rings. The first kappa shape index (κ1) is 21.3. The molecule has 0 unspecified atom stereocenters. The summed E-state index contributed by atoms with van der Waals surface area (Å²) in [5, 5.41) is 0. The number of benzene rings is 1. The van der Waals surface area contributed by atoms with E-state index in [1.54, 1.807) is 6.07 Å². The second kappa shape index (κ2) is 9.36. The number of hydrogen-bond donors (Lipinski definition) is 0. The molecule has 152 valence electrons. The topological polar surface area (TPSA) is 9.23 Å². The maximum Gasteiger partial charge on any atom is 0.573 e. The summed E-state index contributed by atoms with van der Waals surface area (Å²) in [6.45, 7) is 2.39. The van der Waals surface area contributed by atoms with E-state index in [9.17, 15) is 13.2 Å². The fourth-order valence-electron chi connectivity index (χ4n) is 4.98. The van der Waals surface area contributed by atoms with Crippen molar-refractivity contribution in [1.29, 1.82) is 0 Å². The SMILES string of the molecule is CC1CCC(C2CCC(CCc3ccc(OC(F)(F)F)c(I)c3)CC2)CC1. The van der Waals surface area contributed by atoms with Crippen LogP contribution in [0.15, 0.2) is 18.2 Å². The third-order valence-electron chi connectivity index (χ3n) is 6.68. The molecule has 0 aromatic heterocycles. The minimum Gasteiger partial charge on any atom is -0.405 e. The van der Waals surface area contributed by atoms with E-state index in [0.717, 1.165) is 42.1 Å². The quantitative estimate of drug-likeness (QED) is 0.380. The van der Waals surface area contributed by atoms with Gasteiger partial charge in [0.2, 0.25) is 0 Å². The summed E-state index contributed by atoms with van der Waals surface area (Å²) in [5.74, 6) is 3.49. The van der Waals surface area contributed by atoms with Crippen molar-refractivity contribution in [2.24, 2.45) is 23.7 Å². The molecule has 0 saturated heterocycles. The van der Waals surface area contributed by atoms with Gasteiger partial charge < -0.3 is 4.74 Å². The fourth-order valence-corrected chi connectivity index (χ4v) is 5.67. The Hall–Kier alpha value is -0.460. The van der Waals surface area contributed by atoms with E-state index in [0.29, 0.717) is 3.57 Å². The highest BCUT2D eigenvalue weighted by Gasteiger charge is 2.32. The highest BCUT2D eigenvalue weighted by atomic mass is 127. The van der Waals surface area contributed by atoms with Gasteiger partial charge in [-0.25, -0.2) is 0 Å². The van der Waals surface area contributed by atoms with E-state index in [1.165, 1.54) is 57.4 Å². The van der Waals surface area contributed by atoms with Gasteiger partial charge in [-0.2, -0.15) is 0 Å². The lowest BCUT2D eigenvalue weighted by molar-refractivity contribution is -0.274. The van der Waals surface area contributed by atoms with E-state index in [1.807, 2.05) is 28.7 Å².